The summed E-state index contributed by atoms with van der Waals surface area (Å²) in [6.45, 7) is 4.48. The van der Waals surface area contributed by atoms with Crippen LogP contribution in [-0.4, -0.2) is 0 Å². The average molecular weight is 471 g/mol. The van der Waals surface area contributed by atoms with Crippen molar-refractivity contribution in [1.29, 1.82) is 0 Å². The third kappa shape index (κ3) is 3.02. The van der Waals surface area contributed by atoms with Crippen LogP contribution < -0.4 is 0 Å². The van der Waals surface area contributed by atoms with Crippen molar-refractivity contribution < 1.29 is 0 Å². The fourth-order valence-corrected chi connectivity index (χ4v) is 6.61. The maximum atomic E-state index is 2.46. The molecular weight excluding hydrogens is 444 g/mol. The third-order valence-electron chi connectivity index (χ3n) is 8.44. The first-order valence-corrected chi connectivity index (χ1v) is 13.1. The molecule has 0 saturated heterocycles. The van der Waals surface area contributed by atoms with Crippen molar-refractivity contribution in [3.63, 3.8) is 0 Å². The first kappa shape index (κ1) is 20.7. The van der Waals surface area contributed by atoms with E-state index in [2.05, 4.69) is 123 Å². The van der Waals surface area contributed by atoms with Crippen LogP contribution in [-0.2, 0) is 6.42 Å². The minimum Gasteiger partial charge on any atom is -0.0616 e. The quantitative estimate of drug-likeness (QED) is 0.209. The molecule has 0 heteroatoms. The summed E-state index contributed by atoms with van der Waals surface area (Å²) < 4.78 is 0. The first-order valence-electron chi connectivity index (χ1n) is 13.1. The Morgan fingerprint density at radius 3 is 1.51 bits per heavy atom. The molecule has 7 aromatic carbocycles. The molecule has 1 aliphatic rings. The summed E-state index contributed by atoms with van der Waals surface area (Å²) in [6, 6.07) is 41.1. The van der Waals surface area contributed by atoms with Crippen molar-refractivity contribution in [3.05, 3.63) is 131 Å². The molecule has 7 aromatic rings. The molecule has 0 unspecified atom stereocenters. The molecular formula is C37H26. The minimum atomic E-state index is 1.01. The molecule has 0 aromatic heterocycles. The Bertz CT molecular complexity index is 1980. The van der Waals surface area contributed by atoms with E-state index in [-0.39, 0.29) is 0 Å². The predicted octanol–water partition coefficient (Wildman–Crippen LogP) is 10.2. The van der Waals surface area contributed by atoms with Crippen molar-refractivity contribution in [2.45, 2.75) is 20.3 Å². The SMILES string of the molecule is Cc1ccc2c(c1)Cc1cc(-c3c4cc5ccccc5cc4c(C)c4cc5ccccc5cc34)ccc1-2. The molecule has 0 saturated carbocycles. The van der Waals surface area contributed by atoms with Gasteiger partial charge in [-0.15, -0.1) is 0 Å². The fourth-order valence-electron chi connectivity index (χ4n) is 6.61. The van der Waals surface area contributed by atoms with Gasteiger partial charge in [0.05, 0.1) is 0 Å². The summed E-state index contributed by atoms with van der Waals surface area (Å²) in [5.74, 6) is 0. The second-order valence-corrected chi connectivity index (χ2v) is 10.7. The topological polar surface area (TPSA) is 0 Å². The Hall–Kier alpha value is -4.42. The Morgan fingerprint density at radius 1 is 0.459 bits per heavy atom. The molecule has 1 aliphatic carbocycles. The standard InChI is InChI=1S/C37H26/c1-22-11-13-31-29(15-22)17-30-16-28(12-14-32(30)31)37-35-20-26-9-5-3-7-24(26)18-33(35)23(2)34-19-25-8-4-6-10-27(25)21-36(34)37/h3-16,18-21H,17H2,1-2H3. The summed E-state index contributed by atoms with van der Waals surface area (Å²) in [5, 5.41) is 10.5. The van der Waals surface area contributed by atoms with Crippen LogP contribution in [0.4, 0.5) is 0 Å². The Kier molecular flexibility index (Phi) is 4.23. The minimum absolute atomic E-state index is 1.01. The van der Waals surface area contributed by atoms with E-state index in [1.165, 1.54) is 87.6 Å². The van der Waals surface area contributed by atoms with E-state index in [1.54, 1.807) is 0 Å². The second kappa shape index (κ2) is 7.54. The van der Waals surface area contributed by atoms with E-state index >= 15 is 0 Å². The fraction of sp³-hybridized carbons (Fsp3) is 0.0811. The first-order chi connectivity index (χ1) is 18.1. The van der Waals surface area contributed by atoms with Crippen molar-refractivity contribution in [2.75, 3.05) is 0 Å². The number of benzene rings is 7. The van der Waals surface area contributed by atoms with Gasteiger partial charge in [0.1, 0.15) is 0 Å². The van der Waals surface area contributed by atoms with Gasteiger partial charge < -0.3 is 0 Å². The van der Waals surface area contributed by atoms with Crippen molar-refractivity contribution >= 4 is 43.1 Å². The molecule has 0 amide bonds. The number of aryl methyl sites for hydroxylation is 2. The third-order valence-corrected chi connectivity index (χ3v) is 8.44. The molecule has 0 atom stereocenters. The van der Waals surface area contributed by atoms with Crippen molar-refractivity contribution in [1.82, 2.24) is 0 Å². The lowest BCUT2D eigenvalue weighted by atomic mass is 9.85. The average Bonchev–Trinajstić information content (AvgIpc) is 3.28. The van der Waals surface area contributed by atoms with Crippen LogP contribution in [0.2, 0.25) is 0 Å². The van der Waals surface area contributed by atoms with E-state index in [4.69, 9.17) is 0 Å². The van der Waals surface area contributed by atoms with Crippen molar-refractivity contribution in [2.24, 2.45) is 0 Å². The Labute approximate surface area is 216 Å². The highest BCUT2D eigenvalue weighted by molar-refractivity contribution is 6.20. The maximum Gasteiger partial charge on any atom is -0.00131 e. The van der Waals surface area contributed by atoms with E-state index in [9.17, 15) is 0 Å². The number of hydrogen-bond donors (Lipinski definition) is 0. The Morgan fingerprint density at radius 2 is 0.946 bits per heavy atom. The summed E-state index contributed by atoms with van der Waals surface area (Å²) in [5.41, 5.74) is 11.0. The van der Waals surface area contributed by atoms with E-state index in [0.717, 1.165) is 6.42 Å². The Balaban J connectivity index is 1.49. The molecule has 0 heterocycles. The van der Waals surface area contributed by atoms with Crippen LogP contribution in [0, 0.1) is 13.8 Å². The van der Waals surface area contributed by atoms with Gasteiger partial charge in [0.2, 0.25) is 0 Å². The van der Waals surface area contributed by atoms with Crippen LogP contribution >= 0.6 is 0 Å². The van der Waals surface area contributed by atoms with Gasteiger partial charge in [-0.25, -0.2) is 0 Å². The van der Waals surface area contributed by atoms with Crippen LogP contribution in [0.5, 0.6) is 0 Å². The van der Waals surface area contributed by atoms with Gasteiger partial charge in [-0.05, 0) is 127 Å². The molecule has 174 valence electrons. The van der Waals surface area contributed by atoms with Gasteiger partial charge in [-0.1, -0.05) is 90.5 Å². The smallest absolute Gasteiger partial charge is 0.00131 e. The molecule has 0 N–H and O–H groups in total. The highest BCUT2D eigenvalue weighted by atomic mass is 14.2. The molecule has 0 aliphatic heterocycles. The van der Waals surface area contributed by atoms with Crippen LogP contribution in [0.25, 0.3) is 65.3 Å². The maximum absolute atomic E-state index is 2.46. The highest BCUT2D eigenvalue weighted by Gasteiger charge is 2.21. The highest BCUT2D eigenvalue weighted by Crippen LogP contribution is 2.45. The molecule has 37 heavy (non-hydrogen) atoms. The molecule has 0 radical (unpaired) electrons. The second-order valence-electron chi connectivity index (χ2n) is 10.7. The molecule has 0 fully saturated rings. The zero-order chi connectivity index (χ0) is 24.7. The number of hydrogen-bond acceptors (Lipinski definition) is 0. The lowest BCUT2D eigenvalue weighted by molar-refractivity contribution is 1.25. The lowest BCUT2D eigenvalue weighted by Crippen LogP contribution is -1.92. The van der Waals surface area contributed by atoms with Gasteiger partial charge in [0.15, 0.2) is 0 Å². The summed E-state index contributed by atoms with van der Waals surface area (Å²) >= 11 is 0. The van der Waals surface area contributed by atoms with E-state index in [0.29, 0.717) is 0 Å². The van der Waals surface area contributed by atoms with Gasteiger partial charge in [0.25, 0.3) is 0 Å². The molecule has 0 bridgehead atoms. The van der Waals surface area contributed by atoms with Crippen molar-refractivity contribution in [3.8, 4) is 22.3 Å². The normalized spacial score (nSPS) is 12.5. The van der Waals surface area contributed by atoms with Crippen LogP contribution in [0.1, 0.15) is 22.3 Å². The largest absolute Gasteiger partial charge is 0.0616 e. The van der Waals surface area contributed by atoms with Gasteiger partial charge >= 0.3 is 0 Å². The van der Waals surface area contributed by atoms with Crippen LogP contribution in [0.3, 0.4) is 0 Å². The predicted molar refractivity (Wildman–Crippen MR) is 160 cm³/mol. The summed E-state index contributed by atoms with van der Waals surface area (Å²) in [4.78, 5) is 0. The van der Waals surface area contributed by atoms with Gasteiger partial charge in [-0.3, -0.25) is 0 Å². The number of rotatable bonds is 1. The number of fused-ring (bicyclic) bond motifs is 7. The van der Waals surface area contributed by atoms with E-state index in [1.807, 2.05) is 0 Å². The van der Waals surface area contributed by atoms with Crippen LogP contribution in [0.15, 0.2) is 109 Å². The molecule has 0 nitrogen and oxygen atoms in total. The zero-order valence-corrected chi connectivity index (χ0v) is 21.1. The zero-order valence-electron chi connectivity index (χ0n) is 21.1. The summed E-state index contributed by atoms with van der Waals surface area (Å²) in [6.07, 6.45) is 1.01. The molecule has 8 rings (SSSR count). The lowest BCUT2D eigenvalue weighted by Gasteiger charge is -2.18. The summed E-state index contributed by atoms with van der Waals surface area (Å²) in [7, 11) is 0. The van der Waals surface area contributed by atoms with Gasteiger partial charge in [-0.2, -0.15) is 0 Å². The van der Waals surface area contributed by atoms with E-state index < -0.39 is 0 Å². The van der Waals surface area contributed by atoms with Gasteiger partial charge in [0, 0.05) is 0 Å². The molecule has 0 spiro atoms. The monoisotopic (exact) mass is 470 g/mol.